The Bertz CT molecular complexity index is 535. The molecule has 0 amide bonds. The predicted octanol–water partition coefficient (Wildman–Crippen LogP) is 8.25. The van der Waals surface area contributed by atoms with Crippen LogP contribution < -0.4 is 0 Å². The van der Waals surface area contributed by atoms with Crippen molar-refractivity contribution in [3.05, 3.63) is 24.3 Å². The molecule has 0 aliphatic carbocycles. The summed E-state index contributed by atoms with van der Waals surface area (Å²) in [6.07, 6.45) is 9.61. The molecule has 0 atom stereocenters. The third-order valence-corrected chi connectivity index (χ3v) is 7.77. The largest absolute Gasteiger partial charge is 0.357 e. The maximum Gasteiger partial charge on any atom is 0.141 e. The summed E-state index contributed by atoms with van der Waals surface area (Å²) in [6, 6.07) is 8.73. The van der Waals surface area contributed by atoms with E-state index in [1.165, 1.54) is 61.2 Å². The van der Waals surface area contributed by atoms with E-state index in [9.17, 15) is 0 Å². The Morgan fingerprint density at radius 1 is 0.600 bits per heavy atom. The fourth-order valence-electron chi connectivity index (χ4n) is 2.89. The van der Waals surface area contributed by atoms with Gasteiger partial charge in [-0.1, -0.05) is 101 Å². The van der Waals surface area contributed by atoms with Crippen LogP contribution in [0.3, 0.4) is 0 Å². The van der Waals surface area contributed by atoms with Crippen LogP contribution in [-0.2, 0) is 0 Å². The van der Waals surface area contributed by atoms with Crippen molar-refractivity contribution in [2.45, 2.75) is 88.9 Å². The van der Waals surface area contributed by atoms with E-state index in [1.807, 2.05) is 0 Å². The lowest BCUT2D eigenvalue weighted by Gasteiger charge is -2.25. The topological polar surface area (TPSA) is 6.48 Å². The second-order valence-corrected chi connectivity index (χ2v) is 11.0. The van der Waals surface area contributed by atoms with E-state index < -0.39 is 0 Å². The van der Waals surface area contributed by atoms with Gasteiger partial charge in [-0.05, 0) is 49.9 Å². The molecule has 0 saturated heterocycles. The van der Waals surface area contributed by atoms with Crippen molar-refractivity contribution >= 4 is 56.6 Å². The number of rotatable bonds is 14. The zero-order valence-corrected chi connectivity index (χ0v) is 22.6. The summed E-state index contributed by atoms with van der Waals surface area (Å²) in [5, 5.41) is 0. The highest BCUT2D eigenvalue weighted by atomic mass is 32.2. The van der Waals surface area contributed by atoms with Gasteiger partial charge in [0.1, 0.15) is 8.64 Å². The van der Waals surface area contributed by atoms with Gasteiger partial charge in [0.05, 0.1) is 0 Å². The molecule has 0 aromatic heterocycles. The summed E-state index contributed by atoms with van der Waals surface area (Å²) >= 11 is 14.9. The molecule has 0 saturated carbocycles. The Kier molecular flexibility index (Phi) is 16.0. The van der Waals surface area contributed by atoms with Gasteiger partial charge in [-0.3, -0.25) is 0 Å². The summed E-state index contributed by atoms with van der Waals surface area (Å²) < 4.78 is 2.00. The second-order valence-electron chi connectivity index (χ2n) is 7.60. The summed E-state index contributed by atoms with van der Waals surface area (Å²) in [6.45, 7) is 13.2. The second kappa shape index (κ2) is 17.3. The molecule has 0 N–H and O–H groups in total. The molecule has 170 valence electrons. The minimum atomic E-state index is 0.998. The zero-order valence-electron chi connectivity index (χ0n) is 19.3. The lowest BCUT2D eigenvalue weighted by Crippen LogP contribution is -2.29. The van der Waals surface area contributed by atoms with Gasteiger partial charge in [0, 0.05) is 36.0 Å². The van der Waals surface area contributed by atoms with Gasteiger partial charge in [0.2, 0.25) is 0 Å². The maximum absolute atomic E-state index is 5.76. The molecule has 0 spiro atoms. The van der Waals surface area contributed by atoms with Crippen LogP contribution in [0, 0.1) is 0 Å². The number of unbranched alkanes of at least 4 members (excludes halogenated alkanes) is 4. The quantitative estimate of drug-likeness (QED) is 0.192. The highest BCUT2D eigenvalue weighted by Crippen LogP contribution is 2.28. The molecule has 6 heteroatoms. The van der Waals surface area contributed by atoms with Crippen LogP contribution >= 0.6 is 48.0 Å². The normalized spacial score (nSPS) is 10.8. The molecule has 0 fully saturated rings. The average molecular weight is 485 g/mol. The van der Waals surface area contributed by atoms with E-state index in [2.05, 4.69) is 61.8 Å². The summed E-state index contributed by atoms with van der Waals surface area (Å²) in [5.41, 5.74) is 0. The van der Waals surface area contributed by atoms with E-state index in [0.29, 0.717) is 0 Å². The van der Waals surface area contributed by atoms with E-state index in [1.54, 1.807) is 23.5 Å². The number of benzene rings is 1. The Morgan fingerprint density at radius 3 is 1.10 bits per heavy atom. The Morgan fingerprint density at radius 2 is 0.867 bits per heavy atom. The minimum absolute atomic E-state index is 0.998. The third-order valence-electron chi connectivity index (χ3n) is 4.88. The molecule has 2 nitrogen and oxygen atoms in total. The molecule has 30 heavy (non-hydrogen) atoms. The average Bonchev–Trinajstić information content (AvgIpc) is 2.75. The number of thiocarbonyl (C=S) groups is 2. The van der Waals surface area contributed by atoms with E-state index in [-0.39, 0.29) is 0 Å². The van der Waals surface area contributed by atoms with E-state index >= 15 is 0 Å². The van der Waals surface area contributed by atoms with Crippen molar-refractivity contribution in [1.29, 1.82) is 0 Å². The van der Waals surface area contributed by atoms with E-state index in [4.69, 9.17) is 24.4 Å². The lowest BCUT2D eigenvalue weighted by molar-refractivity contribution is 0.410. The molecular formula is C24H40N2S4. The number of nitrogens with zero attached hydrogens (tertiary/aromatic N) is 2. The predicted molar refractivity (Wildman–Crippen MR) is 146 cm³/mol. The third kappa shape index (κ3) is 11.4. The Balaban J connectivity index is 2.65. The smallest absolute Gasteiger partial charge is 0.141 e. The first-order valence-electron chi connectivity index (χ1n) is 11.6. The van der Waals surface area contributed by atoms with Crippen molar-refractivity contribution in [2.75, 3.05) is 26.2 Å². The highest BCUT2D eigenvalue weighted by Gasteiger charge is 2.12. The van der Waals surface area contributed by atoms with Crippen LogP contribution in [-0.4, -0.2) is 44.6 Å². The molecule has 0 heterocycles. The van der Waals surface area contributed by atoms with Crippen LogP contribution in [0.25, 0.3) is 0 Å². The van der Waals surface area contributed by atoms with Gasteiger partial charge in [0.25, 0.3) is 0 Å². The van der Waals surface area contributed by atoms with Gasteiger partial charge < -0.3 is 9.80 Å². The number of thioether (sulfide) groups is 2. The standard InChI is InChI=1S/C24H40N2S4/c1-5-9-17-25(18-10-6-2)23(27)29-21-13-15-22(16-14-21)30-24(28)26(19-11-7-3)20-12-8-4/h13-16H,5-12,17-20H2,1-4H3. The molecular weight excluding hydrogens is 445 g/mol. The van der Waals surface area contributed by atoms with E-state index in [0.717, 1.165) is 34.8 Å². The molecule has 0 bridgehead atoms. The van der Waals surface area contributed by atoms with Gasteiger partial charge in [-0.2, -0.15) is 0 Å². The van der Waals surface area contributed by atoms with Crippen molar-refractivity contribution in [2.24, 2.45) is 0 Å². The van der Waals surface area contributed by atoms with Gasteiger partial charge in [-0.15, -0.1) is 0 Å². The molecule has 0 aliphatic heterocycles. The molecule has 1 aromatic carbocycles. The maximum atomic E-state index is 5.76. The molecule has 1 aromatic rings. The number of hydrogen-bond acceptors (Lipinski definition) is 4. The summed E-state index contributed by atoms with van der Waals surface area (Å²) in [5.74, 6) is 0. The van der Waals surface area contributed by atoms with Crippen LogP contribution in [0.2, 0.25) is 0 Å². The van der Waals surface area contributed by atoms with Crippen molar-refractivity contribution in [3.63, 3.8) is 0 Å². The first kappa shape index (κ1) is 27.7. The van der Waals surface area contributed by atoms with Crippen LogP contribution in [0.1, 0.15) is 79.1 Å². The molecule has 1 rings (SSSR count). The molecule has 0 radical (unpaired) electrons. The number of hydrogen-bond donors (Lipinski definition) is 0. The minimum Gasteiger partial charge on any atom is -0.357 e. The fraction of sp³-hybridized carbons (Fsp3) is 0.667. The monoisotopic (exact) mass is 484 g/mol. The van der Waals surface area contributed by atoms with Gasteiger partial charge >= 0.3 is 0 Å². The van der Waals surface area contributed by atoms with Crippen molar-refractivity contribution in [1.82, 2.24) is 9.80 Å². The van der Waals surface area contributed by atoms with Crippen LogP contribution in [0.5, 0.6) is 0 Å². The van der Waals surface area contributed by atoms with Crippen molar-refractivity contribution < 1.29 is 0 Å². The SMILES string of the molecule is CCCCN(CCCC)C(=S)Sc1ccc(SC(=S)N(CCCC)CCCC)cc1. The van der Waals surface area contributed by atoms with Gasteiger partial charge in [0.15, 0.2) is 0 Å². The highest BCUT2D eigenvalue weighted by molar-refractivity contribution is 8.23. The lowest BCUT2D eigenvalue weighted by atomic mass is 10.3. The van der Waals surface area contributed by atoms with Crippen LogP contribution in [0.15, 0.2) is 34.1 Å². The first-order chi connectivity index (χ1) is 14.5. The molecule has 0 aliphatic rings. The fourth-order valence-corrected chi connectivity index (χ4v) is 5.40. The Hall–Kier alpha value is -0.300. The van der Waals surface area contributed by atoms with Crippen LogP contribution in [0.4, 0.5) is 0 Å². The molecule has 0 unspecified atom stereocenters. The van der Waals surface area contributed by atoms with Gasteiger partial charge in [-0.25, -0.2) is 0 Å². The Labute approximate surface area is 204 Å². The first-order valence-corrected chi connectivity index (χ1v) is 14.0. The summed E-state index contributed by atoms with van der Waals surface area (Å²) in [7, 11) is 0. The van der Waals surface area contributed by atoms with Crippen molar-refractivity contribution in [3.8, 4) is 0 Å². The zero-order chi connectivity index (χ0) is 22.2. The summed E-state index contributed by atoms with van der Waals surface area (Å²) in [4.78, 5) is 7.18.